The molecule has 0 radical (unpaired) electrons. The van der Waals surface area contributed by atoms with Crippen molar-refractivity contribution in [2.24, 2.45) is 11.6 Å². The Kier molecular flexibility index (Phi) is 5.71. The Labute approximate surface area is 143 Å². The number of para-hydroxylation sites is 1. The van der Waals surface area contributed by atoms with Gasteiger partial charge in [0, 0.05) is 17.8 Å². The highest BCUT2D eigenvalue weighted by atomic mass is 16.5. The van der Waals surface area contributed by atoms with Gasteiger partial charge in [-0.15, -0.1) is 0 Å². The van der Waals surface area contributed by atoms with E-state index in [1.54, 1.807) is 20.4 Å². The van der Waals surface area contributed by atoms with Crippen molar-refractivity contribution < 1.29 is 9.47 Å². The molecule has 4 N–H and O–H groups in total. The third kappa shape index (κ3) is 3.81. The summed E-state index contributed by atoms with van der Waals surface area (Å²) in [6, 6.07) is 13.4. The monoisotopic (exact) mass is 327 g/mol. The predicted octanol–water partition coefficient (Wildman–Crippen LogP) is 3.46. The minimum absolute atomic E-state index is 0.292. The van der Waals surface area contributed by atoms with Gasteiger partial charge in [-0.05, 0) is 29.7 Å². The van der Waals surface area contributed by atoms with Gasteiger partial charge < -0.3 is 15.2 Å². The molecular weight excluding hydrogens is 302 g/mol. The zero-order valence-electron chi connectivity index (χ0n) is 14.6. The van der Waals surface area contributed by atoms with Crippen molar-refractivity contribution in [2.45, 2.75) is 19.8 Å². The molecule has 2 rings (SSSR count). The van der Waals surface area contributed by atoms with Crippen LogP contribution in [0.2, 0.25) is 0 Å². The number of nitrogens with zero attached hydrogens (tertiary/aromatic N) is 1. The summed E-state index contributed by atoms with van der Waals surface area (Å²) in [6.07, 6.45) is 1.68. The lowest BCUT2D eigenvalue weighted by molar-refractivity contribution is 0.389. The first-order valence-corrected chi connectivity index (χ1v) is 7.80. The molecule has 0 atom stereocenters. The zero-order valence-corrected chi connectivity index (χ0v) is 14.6. The number of anilines is 1. The lowest BCUT2D eigenvalue weighted by atomic mass is 9.97. The Bertz CT molecular complexity index is 712. The molecule has 2 aromatic carbocycles. The second kappa shape index (κ2) is 7.75. The van der Waals surface area contributed by atoms with Crippen LogP contribution in [0.15, 0.2) is 48.7 Å². The number of hydrogen-bond donors (Lipinski definition) is 2. The lowest BCUT2D eigenvalue weighted by Gasteiger charge is -2.19. The van der Waals surface area contributed by atoms with Crippen molar-refractivity contribution in [3.8, 4) is 11.5 Å². The van der Waals surface area contributed by atoms with Crippen LogP contribution in [0.1, 0.15) is 30.9 Å². The van der Waals surface area contributed by atoms with Crippen molar-refractivity contribution in [2.75, 3.05) is 19.2 Å². The average Bonchev–Trinajstić information content (AvgIpc) is 2.60. The summed E-state index contributed by atoms with van der Waals surface area (Å²) in [4.78, 5) is 0. The molecule has 0 unspecified atom stereocenters. The summed E-state index contributed by atoms with van der Waals surface area (Å²) in [5.41, 5.74) is 9.50. The highest BCUT2D eigenvalue weighted by Gasteiger charge is 2.15. The molecule has 24 heavy (non-hydrogen) atoms. The molecule has 0 saturated carbocycles. The number of hydrazine groups is 1. The van der Waals surface area contributed by atoms with E-state index >= 15 is 0 Å². The van der Waals surface area contributed by atoms with Gasteiger partial charge in [0.1, 0.15) is 11.5 Å². The first-order chi connectivity index (χ1) is 11.5. The molecule has 5 heteroatoms. The van der Waals surface area contributed by atoms with Crippen LogP contribution in [-0.4, -0.2) is 14.2 Å². The molecule has 5 nitrogen and oxygen atoms in total. The fourth-order valence-electron chi connectivity index (χ4n) is 2.49. The van der Waals surface area contributed by atoms with E-state index in [0.29, 0.717) is 17.4 Å². The van der Waals surface area contributed by atoms with Gasteiger partial charge in [-0.1, -0.05) is 32.0 Å². The fraction of sp³-hybridized carbons (Fsp3) is 0.263. The Hall–Kier alpha value is -2.66. The first kappa shape index (κ1) is 17.7. The van der Waals surface area contributed by atoms with E-state index in [-0.39, 0.29) is 0 Å². The van der Waals surface area contributed by atoms with Crippen LogP contribution >= 0.6 is 0 Å². The number of benzene rings is 2. The number of hydrogen-bond acceptors (Lipinski definition) is 5. The number of ether oxygens (including phenoxy) is 2. The predicted molar refractivity (Wildman–Crippen MR) is 98.9 cm³/mol. The van der Waals surface area contributed by atoms with Crippen LogP contribution in [0.5, 0.6) is 11.5 Å². The highest BCUT2D eigenvalue weighted by molar-refractivity contribution is 5.72. The van der Waals surface area contributed by atoms with Gasteiger partial charge in [0.2, 0.25) is 0 Å². The van der Waals surface area contributed by atoms with Crippen molar-refractivity contribution in [3.05, 3.63) is 59.8 Å². The lowest BCUT2D eigenvalue weighted by Crippen LogP contribution is -2.25. The maximum absolute atomic E-state index is 6.29. The molecule has 0 spiro atoms. The Morgan fingerprint density at radius 2 is 1.67 bits per heavy atom. The van der Waals surface area contributed by atoms with E-state index in [9.17, 15) is 0 Å². The van der Waals surface area contributed by atoms with Gasteiger partial charge in [0.05, 0.1) is 25.6 Å². The molecule has 0 aromatic heterocycles. The number of rotatable bonds is 6. The minimum atomic E-state index is 0.292. The second-order valence-corrected chi connectivity index (χ2v) is 5.78. The second-order valence-electron chi connectivity index (χ2n) is 5.78. The summed E-state index contributed by atoms with van der Waals surface area (Å²) < 4.78 is 10.9. The van der Waals surface area contributed by atoms with Crippen molar-refractivity contribution in [1.29, 1.82) is 0 Å². The molecule has 0 bridgehead atoms. The number of nitrogens with two attached hydrogens (primary N) is 2. The van der Waals surface area contributed by atoms with Crippen molar-refractivity contribution in [1.82, 2.24) is 0 Å². The quantitative estimate of drug-likeness (QED) is 0.628. The van der Waals surface area contributed by atoms with Crippen LogP contribution in [0.3, 0.4) is 0 Å². The number of methoxy groups -OCH3 is 2. The maximum atomic E-state index is 6.29. The van der Waals surface area contributed by atoms with Gasteiger partial charge >= 0.3 is 0 Å². The van der Waals surface area contributed by atoms with E-state index in [1.165, 1.54) is 5.01 Å². The summed E-state index contributed by atoms with van der Waals surface area (Å²) in [5.74, 6) is 7.81. The van der Waals surface area contributed by atoms with Crippen LogP contribution in [0, 0.1) is 0 Å². The van der Waals surface area contributed by atoms with E-state index in [4.69, 9.17) is 21.1 Å². The van der Waals surface area contributed by atoms with E-state index in [1.807, 2.05) is 42.5 Å². The van der Waals surface area contributed by atoms with Gasteiger partial charge in [0.15, 0.2) is 0 Å². The van der Waals surface area contributed by atoms with Crippen molar-refractivity contribution in [3.63, 3.8) is 0 Å². The molecule has 0 aliphatic rings. The van der Waals surface area contributed by atoms with Crippen molar-refractivity contribution >= 4 is 11.4 Å². The molecule has 0 aliphatic heterocycles. The van der Waals surface area contributed by atoms with Gasteiger partial charge in [-0.3, -0.25) is 5.01 Å². The normalized spacial score (nSPS) is 11.5. The highest BCUT2D eigenvalue weighted by Crippen LogP contribution is 2.35. The van der Waals surface area contributed by atoms with E-state index < -0.39 is 0 Å². The van der Waals surface area contributed by atoms with Crippen LogP contribution in [-0.2, 0) is 0 Å². The minimum Gasteiger partial charge on any atom is -0.496 e. The summed E-state index contributed by atoms with van der Waals surface area (Å²) in [6.45, 7) is 4.21. The SMILES string of the molecule is COc1cc(OC)c(C(C)C)cc1/C(N)=C/N(N)c1ccccc1. The molecule has 0 aliphatic carbocycles. The molecule has 0 fully saturated rings. The maximum Gasteiger partial charge on any atom is 0.131 e. The molecule has 2 aromatic rings. The smallest absolute Gasteiger partial charge is 0.131 e. The van der Waals surface area contributed by atoms with Crippen LogP contribution < -0.4 is 26.1 Å². The summed E-state index contributed by atoms with van der Waals surface area (Å²) in [7, 11) is 3.26. The van der Waals surface area contributed by atoms with Gasteiger partial charge in [0.25, 0.3) is 0 Å². The average molecular weight is 327 g/mol. The summed E-state index contributed by atoms with van der Waals surface area (Å²) >= 11 is 0. The molecule has 0 heterocycles. The fourth-order valence-corrected chi connectivity index (χ4v) is 2.49. The molecule has 0 amide bonds. The van der Waals surface area contributed by atoms with Crippen LogP contribution in [0.25, 0.3) is 5.70 Å². The van der Waals surface area contributed by atoms with Gasteiger partial charge in [-0.25, -0.2) is 5.84 Å². The standard InChI is InChI=1S/C19H25N3O2/c1-13(2)15-10-16(19(24-4)11-18(15)23-3)17(20)12-22(21)14-8-6-5-7-9-14/h5-13H,20-21H2,1-4H3/b17-12-. The Morgan fingerprint density at radius 3 is 2.21 bits per heavy atom. The van der Waals surface area contributed by atoms with Crippen LogP contribution in [0.4, 0.5) is 5.69 Å². The van der Waals surface area contributed by atoms with E-state index in [0.717, 1.165) is 22.6 Å². The topological polar surface area (TPSA) is 73.7 Å². The first-order valence-electron chi connectivity index (χ1n) is 7.80. The third-order valence-corrected chi connectivity index (χ3v) is 3.82. The Morgan fingerprint density at radius 1 is 1.04 bits per heavy atom. The largest absolute Gasteiger partial charge is 0.496 e. The summed E-state index contributed by atoms with van der Waals surface area (Å²) in [5, 5.41) is 1.49. The molecule has 0 saturated heterocycles. The van der Waals surface area contributed by atoms with Gasteiger partial charge in [-0.2, -0.15) is 0 Å². The zero-order chi connectivity index (χ0) is 17.7. The third-order valence-electron chi connectivity index (χ3n) is 3.82. The van der Waals surface area contributed by atoms with E-state index in [2.05, 4.69) is 13.8 Å². The molecular formula is C19H25N3O2. The molecule has 128 valence electrons. The Balaban J connectivity index is 2.45.